The second-order valence-electron chi connectivity index (χ2n) is 5.55. The Hall–Kier alpha value is -1.39. The number of amides is 1. The van der Waals surface area contributed by atoms with Crippen LogP contribution in [0.1, 0.15) is 43.4 Å². The number of hydrogen-bond donors (Lipinski definition) is 2. The molecule has 1 fully saturated rings. The molecule has 1 aromatic rings. The minimum Gasteiger partial charge on any atom is -0.373 e. The van der Waals surface area contributed by atoms with Crippen LogP contribution in [0.2, 0.25) is 0 Å². The predicted octanol–water partition coefficient (Wildman–Crippen LogP) is 2.14. The van der Waals surface area contributed by atoms with Crippen molar-refractivity contribution in [2.45, 2.75) is 50.9 Å². The Kier molecular flexibility index (Phi) is 3.29. The van der Waals surface area contributed by atoms with Gasteiger partial charge in [0.15, 0.2) is 0 Å². The van der Waals surface area contributed by atoms with Gasteiger partial charge >= 0.3 is 0 Å². The van der Waals surface area contributed by atoms with E-state index in [0.717, 1.165) is 30.5 Å². The zero-order chi connectivity index (χ0) is 13.4. The summed E-state index contributed by atoms with van der Waals surface area (Å²) in [6, 6.07) is 6.00. The van der Waals surface area contributed by atoms with Crippen molar-refractivity contribution >= 4 is 11.6 Å². The molecule has 19 heavy (non-hydrogen) atoms. The summed E-state index contributed by atoms with van der Waals surface area (Å²) in [5.74, 6) is 0.0949. The van der Waals surface area contributed by atoms with Crippen molar-refractivity contribution in [1.82, 2.24) is 0 Å². The average molecular weight is 260 g/mol. The van der Waals surface area contributed by atoms with Crippen molar-refractivity contribution in [3.8, 4) is 0 Å². The van der Waals surface area contributed by atoms with Gasteiger partial charge in [0.1, 0.15) is 0 Å². The first-order valence-corrected chi connectivity index (χ1v) is 6.97. The van der Waals surface area contributed by atoms with Crippen LogP contribution in [0.4, 0.5) is 5.69 Å². The van der Waals surface area contributed by atoms with Crippen LogP contribution in [0.3, 0.4) is 0 Å². The SMILES string of the molecule is CC1CCC(C(N)c2ccc3c(c2)CCC(=O)N3)O1. The van der Waals surface area contributed by atoms with Gasteiger partial charge in [0.25, 0.3) is 0 Å². The van der Waals surface area contributed by atoms with E-state index < -0.39 is 0 Å². The van der Waals surface area contributed by atoms with Crippen LogP contribution in [0.5, 0.6) is 0 Å². The first kappa shape index (κ1) is 12.6. The van der Waals surface area contributed by atoms with Gasteiger partial charge in [-0.3, -0.25) is 4.79 Å². The van der Waals surface area contributed by atoms with Crippen molar-refractivity contribution in [3.63, 3.8) is 0 Å². The molecule has 102 valence electrons. The molecule has 4 heteroatoms. The van der Waals surface area contributed by atoms with Crippen LogP contribution in [0, 0.1) is 0 Å². The average Bonchev–Trinajstić information content (AvgIpc) is 2.84. The van der Waals surface area contributed by atoms with E-state index in [0.29, 0.717) is 12.5 Å². The van der Waals surface area contributed by atoms with Crippen LogP contribution >= 0.6 is 0 Å². The summed E-state index contributed by atoms with van der Waals surface area (Å²) in [4.78, 5) is 11.3. The highest BCUT2D eigenvalue weighted by molar-refractivity contribution is 5.93. The van der Waals surface area contributed by atoms with Crippen molar-refractivity contribution in [2.24, 2.45) is 5.73 Å². The maximum absolute atomic E-state index is 11.3. The smallest absolute Gasteiger partial charge is 0.224 e. The quantitative estimate of drug-likeness (QED) is 0.856. The van der Waals surface area contributed by atoms with E-state index in [2.05, 4.69) is 18.3 Å². The summed E-state index contributed by atoms with van der Waals surface area (Å²) in [7, 11) is 0. The molecule has 1 aromatic carbocycles. The number of carbonyl (C=O) groups excluding carboxylic acids is 1. The Morgan fingerprint density at radius 1 is 1.37 bits per heavy atom. The molecule has 3 rings (SSSR count). The lowest BCUT2D eigenvalue weighted by molar-refractivity contribution is -0.116. The number of carbonyl (C=O) groups is 1. The number of aryl methyl sites for hydroxylation is 1. The topological polar surface area (TPSA) is 64.4 Å². The Labute approximate surface area is 113 Å². The fourth-order valence-electron chi connectivity index (χ4n) is 2.92. The molecule has 1 saturated heterocycles. The van der Waals surface area contributed by atoms with E-state index >= 15 is 0 Å². The molecule has 2 aliphatic heterocycles. The lowest BCUT2D eigenvalue weighted by atomic mass is 9.94. The molecule has 0 aliphatic carbocycles. The van der Waals surface area contributed by atoms with E-state index in [1.807, 2.05) is 12.1 Å². The Morgan fingerprint density at radius 2 is 2.21 bits per heavy atom. The van der Waals surface area contributed by atoms with Gasteiger partial charge < -0.3 is 15.8 Å². The van der Waals surface area contributed by atoms with Crippen molar-refractivity contribution < 1.29 is 9.53 Å². The molecule has 2 aliphatic rings. The molecule has 0 bridgehead atoms. The first-order valence-electron chi connectivity index (χ1n) is 6.97. The summed E-state index contributed by atoms with van der Waals surface area (Å²) in [6.45, 7) is 2.09. The monoisotopic (exact) mass is 260 g/mol. The minimum atomic E-state index is -0.0760. The van der Waals surface area contributed by atoms with E-state index in [1.54, 1.807) is 0 Å². The van der Waals surface area contributed by atoms with Crippen LogP contribution in [0.25, 0.3) is 0 Å². The summed E-state index contributed by atoms with van der Waals surface area (Å²) in [5.41, 5.74) is 9.52. The maximum atomic E-state index is 11.3. The van der Waals surface area contributed by atoms with Crippen LogP contribution in [0.15, 0.2) is 18.2 Å². The number of anilines is 1. The van der Waals surface area contributed by atoms with Gasteiger partial charge in [-0.2, -0.15) is 0 Å². The van der Waals surface area contributed by atoms with E-state index in [9.17, 15) is 4.79 Å². The van der Waals surface area contributed by atoms with Gasteiger partial charge in [-0.1, -0.05) is 12.1 Å². The van der Waals surface area contributed by atoms with Crippen LogP contribution in [-0.2, 0) is 16.0 Å². The fourth-order valence-corrected chi connectivity index (χ4v) is 2.92. The molecule has 0 spiro atoms. The molecule has 0 saturated carbocycles. The third-order valence-electron chi connectivity index (χ3n) is 4.08. The van der Waals surface area contributed by atoms with Gasteiger partial charge in [-0.15, -0.1) is 0 Å². The molecule has 2 heterocycles. The number of ether oxygens (including phenoxy) is 1. The minimum absolute atomic E-state index is 0.0760. The van der Waals surface area contributed by atoms with Crippen molar-refractivity contribution in [3.05, 3.63) is 29.3 Å². The number of nitrogens with one attached hydrogen (secondary N) is 1. The van der Waals surface area contributed by atoms with Gasteiger partial charge in [0.2, 0.25) is 5.91 Å². The zero-order valence-electron chi connectivity index (χ0n) is 11.2. The number of nitrogens with two attached hydrogens (primary N) is 1. The summed E-state index contributed by atoms with van der Waals surface area (Å²) in [6.07, 6.45) is 3.89. The highest BCUT2D eigenvalue weighted by Crippen LogP contribution is 2.31. The predicted molar refractivity (Wildman–Crippen MR) is 73.9 cm³/mol. The summed E-state index contributed by atoms with van der Waals surface area (Å²) in [5, 5.41) is 2.89. The van der Waals surface area contributed by atoms with Gasteiger partial charge in [0.05, 0.1) is 18.2 Å². The van der Waals surface area contributed by atoms with E-state index in [1.165, 1.54) is 5.56 Å². The largest absolute Gasteiger partial charge is 0.373 e. The molecule has 3 atom stereocenters. The van der Waals surface area contributed by atoms with Crippen LogP contribution in [-0.4, -0.2) is 18.1 Å². The highest BCUT2D eigenvalue weighted by Gasteiger charge is 2.28. The second kappa shape index (κ2) is 4.94. The number of fused-ring (bicyclic) bond motifs is 1. The highest BCUT2D eigenvalue weighted by atomic mass is 16.5. The van der Waals surface area contributed by atoms with Gasteiger partial charge in [0, 0.05) is 12.1 Å². The van der Waals surface area contributed by atoms with E-state index in [-0.39, 0.29) is 18.1 Å². The fraction of sp³-hybridized carbons (Fsp3) is 0.533. The third kappa shape index (κ3) is 2.51. The van der Waals surface area contributed by atoms with E-state index in [4.69, 9.17) is 10.5 Å². The molecule has 3 unspecified atom stereocenters. The van der Waals surface area contributed by atoms with Crippen LogP contribution < -0.4 is 11.1 Å². The molecular weight excluding hydrogens is 240 g/mol. The molecular formula is C15H20N2O2. The normalized spacial score (nSPS) is 27.8. The standard InChI is InChI=1S/C15H20N2O2/c1-9-2-6-13(19-9)15(16)11-3-5-12-10(8-11)4-7-14(18)17-12/h3,5,8-9,13,15H,2,4,6-7,16H2,1H3,(H,17,18). The molecule has 0 aromatic heterocycles. The molecule has 0 radical (unpaired) electrons. The number of hydrogen-bond acceptors (Lipinski definition) is 3. The van der Waals surface area contributed by atoms with Gasteiger partial charge in [-0.25, -0.2) is 0 Å². The summed E-state index contributed by atoms with van der Waals surface area (Å²) < 4.78 is 5.84. The first-order chi connectivity index (χ1) is 9.13. The Morgan fingerprint density at radius 3 is 2.95 bits per heavy atom. The third-order valence-corrected chi connectivity index (χ3v) is 4.08. The number of benzene rings is 1. The lowest BCUT2D eigenvalue weighted by Gasteiger charge is -2.23. The molecule has 1 amide bonds. The molecule has 3 N–H and O–H groups in total. The zero-order valence-corrected chi connectivity index (χ0v) is 11.2. The molecule has 4 nitrogen and oxygen atoms in total. The lowest BCUT2D eigenvalue weighted by Crippen LogP contribution is -2.27. The van der Waals surface area contributed by atoms with Crippen molar-refractivity contribution in [1.29, 1.82) is 0 Å². The van der Waals surface area contributed by atoms with Crippen molar-refractivity contribution in [2.75, 3.05) is 5.32 Å². The second-order valence-corrected chi connectivity index (χ2v) is 5.55. The summed E-state index contributed by atoms with van der Waals surface area (Å²) >= 11 is 0. The Balaban J connectivity index is 1.80. The number of rotatable bonds is 2. The van der Waals surface area contributed by atoms with Gasteiger partial charge in [-0.05, 0) is 43.4 Å². The maximum Gasteiger partial charge on any atom is 0.224 e. The Bertz CT molecular complexity index is 501.